The van der Waals surface area contributed by atoms with Crippen molar-refractivity contribution in [3.8, 4) is 5.75 Å². The lowest BCUT2D eigenvalue weighted by Gasteiger charge is -2.36. The lowest BCUT2D eigenvalue weighted by molar-refractivity contribution is -0.136. The van der Waals surface area contributed by atoms with Crippen LogP contribution in [0, 0.1) is 5.92 Å². The van der Waals surface area contributed by atoms with Crippen LogP contribution < -0.4 is 10.1 Å². The fourth-order valence-electron chi connectivity index (χ4n) is 2.53. The predicted molar refractivity (Wildman–Crippen MR) is 110 cm³/mol. The van der Waals surface area contributed by atoms with E-state index in [9.17, 15) is 14.7 Å². The van der Waals surface area contributed by atoms with E-state index in [0.29, 0.717) is 11.3 Å². The van der Waals surface area contributed by atoms with Gasteiger partial charge < -0.3 is 19.9 Å². The Hall–Kier alpha value is -2.50. The highest BCUT2D eigenvalue weighted by molar-refractivity contribution is 5.71. The number of hydrogen-bond donors (Lipinski definition) is 2. The summed E-state index contributed by atoms with van der Waals surface area (Å²) in [6.07, 6.45) is -0.669. The monoisotopic (exact) mass is 391 g/mol. The van der Waals surface area contributed by atoms with E-state index in [4.69, 9.17) is 9.47 Å². The molecular weight excluding hydrogens is 358 g/mol. The molecule has 0 radical (unpaired) electrons. The number of rotatable bonds is 8. The maximum Gasteiger partial charge on any atom is 0.407 e. The first kappa shape index (κ1) is 23.5. The Morgan fingerprint density at radius 2 is 1.82 bits per heavy atom. The van der Waals surface area contributed by atoms with Crippen molar-refractivity contribution in [3.05, 3.63) is 41.5 Å². The molecule has 0 heterocycles. The summed E-state index contributed by atoms with van der Waals surface area (Å²) < 4.78 is 11.5. The first-order chi connectivity index (χ1) is 12.7. The Kier molecular flexibility index (Phi) is 7.67. The van der Waals surface area contributed by atoms with Crippen LogP contribution in [0.1, 0.15) is 59.6 Å². The molecular formula is C22H33NO5. The highest BCUT2D eigenvalue weighted by Crippen LogP contribution is 2.33. The topological polar surface area (TPSA) is 84.9 Å². The fourth-order valence-corrected chi connectivity index (χ4v) is 2.53. The highest BCUT2D eigenvalue weighted by Gasteiger charge is 2.32. The molecule has 1 atom stereocenters. The van der Waals surface area contributed by atoms with E-state index in [1.165, 1.54) is 0 Å². The van der Waals surface area contributed by atoms with Crippen LogP contribution in [0.15, 0.2) is 30.4 Å². The predicted octanol–water partition coefficient (Wildman–Crippen LogP) is 4.71. The van der Waals surface area contributed by atoms with E-state index >= 15 is 0 Å². The Labute approximate surface area is 167 Å². The first-order valence-electron chi connectivity index (χ1n) is 9.40. The molecule has 0 unspecified atom stereocenters. The third-order valence-electron chi connectivity index (χ3n) is 4.58. The number of aliphatic carboxylic acids is 1. The van der Waals surface area contributed by atoms with E-state index in [-0.39, 0.29) is 18.9 Å². The molecule has 0 spiro atoms. The Morgan fingerprint density at radius 3 is 2.29 bits per heavy atom. The van der Waals surface area contributed by atoms with Crippen molar-refractivity contribution in [3.63, 3.8) is 0 Å². The van der Waals surface area contributed by atoms with Crippen LogP contribution in [0.5, 0.6) is 5.75 Å². The second-order valence-electron chi connectivity index (χ2n) is 8.51. The van der Waals surface area contributed by atoms with Gasteiger partial charge in [-0.05, 0) is 57.7 Å². The van der Waals surface area contributed by atoms with Crippen molar-refractivity contribution in [1.82, 2.24) is 5.32 Å². The van der Waals surface area contributed by atoms with Gasteiger partial charge in [0, 0.05) is 12.1 Å². The molecule has 2 N–H and O–H groups in total. The van der Waals surface area contributed by atoms with Gasteiger partial charge in [-0.15, -0.1) is 0 Å². The van der Waals surface area contributed by atoms with Crippen LogP contribution in [-0.4, -0.2) is 28.4 Å². The molecule has 1 rings (SSSR count). The summed E-state index contributed by atoms with van der Waals surface area (Å²) in [6, 6.07) is 5.25. The smallest absolute Gasteiger partial charge is 0.407 e. The summed E-state index contributed by atoms with van der Waals surface area (Å²) in [6.45, 7) is 17.6. The average molecular weight is 392 g/mol. The van der Waals surface area contributed by atoms with Gasteiger partial charge in [-0.25, -0.2) is 4.79 Å². The van der Waals surface area contributed by atoms with Crippen LogP contribution in [0.3, 0.4) is 0 Å². The second kappa shape index (κ2) is 9.13. The third-order valence-corrected chi connectivity index (χ3v) is 4.58. The van der Waals surface area contributed by atoms with Crippen molar-refractivity contribution in [2.24, 2.45) is 5.92 Å². The standard InChI is InChI=1S/C22H33NO5/c1-14(2)22(8,15(3)4)27-18-11-16(9-10-17(18)12-19(24)25)13-23-20(26)28-21(5,6)7/h9-11,15H,1,12-13H2,2-8H3,(H,23,26)(H,24,25)/t22-/m0/s1. The quantitative estimate of drug-likeness (QED) is 0.627. The van der Waals surface area contributed by atoms with Crippen LogP contribution in [0.25, 0.3) is 0 Å². The van der Waals surface area contributed by atoms with Gasteiger partial charge in [0.25, 0.3) is 0 Å². The Morgan fingerprint density at radius 1 is 1.21 bits per heavy atom. The number of nitrogens with one attached hydrogen (secondary N) is 1. The van der Waals surface area contributed by atoms with Gasteiger partial charge in [0.2, 0.25) is 0 Å². The molecule has 156 valence electrons. The van der Waals surface area contributed by atoms with Crippen molar-refractivity contribution in [2.75, 3.05) is 0 Å². The molecule has 0 fully saturated rings. The summed E-state index contributed by atoms with van der Waals surface area (Å²) >= 11 is 0. The molecule has 0 saturated heterocycles. The zero-order valence-corrected chi connectivity index (χ0v) is 18.0. The normalized spacial score (nSPS) is 13.6. The van der Waals surface area contributed by atoms with E-state index in [1.54, 1.807) is 39.0 Å². The SMILES string of the molecule is C=C(C)[C@](C)(Oc1cc(CNC(=O)OC(C)(C)C)ccc1CC(=O)O)C(C)C. The van der Waals surface area contributed by atoms with E-state index < -0.39 is 23.3 Å². The van der Waals surface area contributed by atoms with Crippen molar-refractivity contribution < 1.29 is 24.2 Å². The summed E-state index contributed by atoms with van der Waals surface area (Å²) in [5.74, 6) is -0.331. The average Bonchev–Trinajstić information content (AvgIpc) is 2.52. The molecule has 0 aliphatic rings. The maximum atomic E-state index is 11.9. The van der Waals surface area contributed by atoms with Crippen molar-refractivity contribution >= 4 is 12.1 Å². The third kappa shape index (κ3) is 6.91. The van der Waals surface area contributed by atoms with Crippen LogP contribution in [0.2, 0.25) is 0 Å². The number of ether oxygens (including phenoxy) is 2. The molecule has 0 aliphatic carbocycles. The summed E-state index contributed by atoms with van der Waals surface area (Å²) in [5.41, 5.74) is 0.972. The van der Waals surface area contributed by atoms with Crippen molar-refractivity contribution in [1.29, 1.82) is 0 Å². The number of benzene rings is 1. The molecule has 1 aromatic carbocycles. The van der Waals surface area contributed by atoms with Gasteiger partial charge >= 0.3 is 12.1 Å². The number of carbonyl (C=O) groups excluding carboxylic acids is 1. The molecule has 0 aromatic heterocycles. The summed E-state index contributed by atoms with van der Waals surface area (Å²) in [7, 11) is 0. The molecule has 1 aromatic rings. The van der Waals surface area contributed by atoms with Gasteiger partial charge in [-0.2, -0.15) is 0 Å². The maximum absolute atomic E-state index is 11.9. The molecule has 0 aliphatic heterocycles. The molecule has 1 amide bonds. The van der Waals surface area contributed by atoms with E-state index in [1.807, 2.05) is 27.7 Å². The summed E-state index contributed by atoms with van der Waals surface area (Å²) in [4.78, 5) is 23.1. The van der Waals surface area contributed by atoms with Gasteiger partial charge in [0.1, 0.15) is 17.0 Å². The number of alkyl carbamates (subject to hydrolysis) is 1. The number of amides is 1. The number of carboxylic acids is 1. The molecule has 28 heavy (non-hydrogen) atoms. The molecule has 0 saturated carbocycles. The fraction of sp³-hybridized carbons (Fsp3) is 0.545. The largest absolute Gasteiger partial charge is 0.483 e. The van der Waals surface area contributed by atoms with Gasteiger partial charge in [-0.1, -0.05) is 32.6 Å². The minimum Gasteiger partial charge on any atom is -0.483 e. The van der Waals surface area contributed by atoms with Gasteiger partial charge in [-0.3, -0.25) is 4.79 Å². The lowest BCUT2D eigenvalue weighted by atomic mass is 9.86. The van der Waals surface area contributed by atoms with Gasteiger partial charge in [0.15, 0.2) is 0 Å². The van der Waals surface area contributed by atoms with Crippen LogP contribution in [-0.2, 0) is 22.5 Å². The highest BCUT2D eigenvalue weighted by atomic mass is 16.6. The van der Waals surface area contributed by atoms with Gasteiger partial charge in [0.05, 0.1) is 6.42 Å². The van der Waals surface area contributed by atoms with Crippen LogP contribution in [0.4, 0.5) is 4.79 Å². The minimum absolute atomic E-state index is 0.131. The van der Waals surface area contributed by atoms with E-state index in [0.717, 1.165) is 11.1 Å². The van der Waals surface area contributed by atoms with Crippen molar-refractivity contribution in [2.45, 2.75) is 72.6 Å². The van der Waals surface area contributed by atoms with E-state index in [2.05, 4.69) is 11.9 Å². The molecule has 6 heteroatoms. The zero-order chi connectivity index (χ0) is 21.7. The molecule has 0 bridgehead atoms. The zero-order valence-electron chi connectivity index (χ0n) is 18.0. The second-order valence-corrected chi connectivity index (χ2v) is 8.51. The Bertz CT molecular complexity index is 733. The lowest BCUT2D eigenvalue weighted by Crippen LogP contribution is -2.39. The number of carboxylic acid groups (broad SMARTS) is 1. The number of hydrogen-bond acceptors (Lipinski definition) is 4. The number of carbonyl (C=O) groups is 2. The minimum atomic E-state index is -0.939. The molecule has 6 nitrogen and oxygen atoms in total. The summed E-state index contributed by atoms with van der Waals surface area (Å²) in [5, 5.41) is 11.9. The van der Waals surface area contributed by atoms with Crippen LogP contribution >= 0.6 is 0 Å². The first-order valence-corrected chi connectivity index (χ1v) is 9.40. The Balaban J connectivity index is 3.11.